The van der Waals surface area contributed by atoms with E-state index in [-0.39, 0.29) is 5.92 Å². The Labute approximate surface area is 80.7 Å². The third-order valence-electron chi connectivity index (χ3n) is 1.39. The summed E-state index contributed by atoms with van der Waals surface area (Å²) in [5, 5.41) is 11.7. The molecule has 0 aliphatic heterocycles. The van der Waals surface area contributed by atoms with E-state index < -0.39 is 12.0 Å². The first-order valence-corrected chi connectivity index (χ1v) is 5.14. The van der Waals surface area contributed by atoms with E-state index in [1.807, 2.05) is 13.8 Å². The first-order chi connectivity index (χ1) is 5.09. The fourth-order valence-electron chi connectivity index (χ4n) is 0.818. The number of carboxylic acids is 1. The van der Waals surface area contributed by atoms with E-state index in [0.717, 1.165) is 11.0 Å². The zero-order valence-corrected chi connectivity index (χ0v) is 8.96. The molecule has 2 N–H and O–H groups in total. The van der Waals surface area contributed by atoms with Gasteiger partial charge in [-0.2, -0.15) is 0 Å². The number of nitrogens with one attached hydrogen (secondary N) is 1. The average Bonchev–Trinajstić information content (AvgIpc) is 1.87. The number of alkyl halides is 1. The van der Waals surface area contributed by atoms with Gasteiger partial charge in [-0.15, -0.1) is 0 Å². The lowest BCUT2D eigenvalue weighted by Gasteiger charge is -2.16. The van der Waals surface area contributed by atoms with Crippen molar-refractivity contribution in [1.29, 1.82) is 0 Å². The number of carbonyl (C=O) groups is 1. The van der Waals surface area contributed by atoms with Crippen molar-refractivity contribution in [1.82, 2.24) is 5.32 Å². The molecule has 0 amide bonds. The summed E-state index contributed by atoms with van der Waals surface area (Å²) in [5.41, 5.74) is 0. The Morgan fingerprint density at radius 2 is 2.18 bits per heavy atom. The highest BCUT2D eigenvalue weighted by molar-refractivity contribution is 14.1. The highest BCUT2D eigenvalue weighted by atomic mass is 127. The molecule has 3 nitrogen and oxygen atoms in total. The van der Waals surface area contributed by atoms with Crippen molar-refractivity contribution in [3.05, 3.63) is 0 Å². The smallest absolute Gasteiger partial charge is 0.320 e. The molecular weight excluding hydrogens is 257 g/mol. The van der Waals surface area contributed by atoms with E-state index in [1.165, 1.54) is 0 Å². The van der Waals surface area contributed by atoms with Crippen molar-refractivity contribution >= 4 is 28.6 Å². The van der Waals surface area contributed by atoms with Gasteiger partial charge in [-0.3, -0.25) is 4.79 Å². The summed E-state index contributed by atoms with van der Waals surface area (Å²) < 4.78 is 0.939. The Morgan fingerprint density at radius 1 is 1.64 bits per heavy atom. The summed E-state index contributed by atoms with van der Waals surface area (Å²) >= 11 is 2.21. The van der Waals surface area contributed by atoms with Crippen LogP contribution >= 0.6 is 22.6 Å². The molecule has 0 rings (SSSR count). The van der Waals surface area contributed by atoms with E-state index >= 15 is 0 Å². The van der Waals surface area contributed by atoms with Crippen LogP contribution in [0.4, 0.5) is 0 Å². The van der Waals surface area contributed by atoms with Gasteiger partial charge in [0.1, 0.15) is 6.04 Å². The minimum Gasteiger partial charge on any atom is -0.480 e. The Bertz CT molecular complexity index is 128. The zero-order valence-electron chi connectivity index (χ0n) is 6.80. The first-order valence-electron chi connectivity index (χ1n) is 3.61. The molecule has 0 aliphatic rings. The molecule has 0 aliphatic carbocycles. The number of halogens is 1. The fourth-order valence-corrected chi connectivity index (χ4v) is 1.13. The number of hydrogen-bond acceptors (Lipinski definition) is 2. The standard InChI is InChI=1S/C7H14INO2/c1-5(2)6(7(10)11)9-4-3-8/h5-6,9H,3-4H2,1-2H3,(H,10,11)/t6-/m1/s1. The topological polar surface area (TPSA) is 49.3 Å². The number of aliphatic carboxylic acids is 1. The van der Waals surface area contributed by atoms with E-state index in [0.29, 0.717) is 0 Å². The second-order valence-corrected chi connectivity index (χ2v) is 3.78. The SMILES string of the molecule is CC(C)[C@@H](NCCI)C(=O)O. The third kappa shape index (κ3) is 4.58. The largest absolute Gasteiger partial charge is 0.480 e. The van der Waals surface area contributed by atoms with Crippen molar-refractivity contribution in [3.8, 4) is 0 Å². The lowest BCUT2D eigenvalue weighted by molar-refractivity contribution is -0.140. The van der Waals surface area contributed by atoms with Crippen LogP contribution in [0.1, 0.15) is 13.8 Å². The minimum absolute atomic E-state index is 0.149. The first kappa shape index (κ1) is 11.2. The average molecular weight is 271 g/mol. The predicted octanol–water partition coefficient (Wildman–Crippen LogP) is 1.12. The molecule has 11 heavy (non-hydrogen) atoms. The Morgan fingerprint density at radius 3 is 2.45 bits per heavy atom. The number of hydrogen-bond donors (Lipinski definition) is 2. The van der Waals surface area contributed by atoms with Gasteiger partial charge >= 0.3 is 5.97 Å². The Balaban J connectivity index is 3.80. The van der Waals surface area contributed by atoms with Crippen LogP contribution in [0.5, 0.6) is 0 Å². The zero-order chi connectivity index (χ0) is 8.85. The summed E-state index contributed by atoms with van der Waals surface area (Å²) in [6.45, 7) is 4.56. The number of rotatable bonds is 5. The van der Waals surface area contributed by atoms with Crippen molar-refractivity contribution in [2.45, 2.75) is 19.9 Å². The molecule has 0 saturated heterocycles. The molecule has 4 heteroatoms. The quantitative estimate of drug-likeness (QED) is 0.582. The molecule has 0 fully saturated rings. The maximum absolute atomic E-state index is 10.6. The molecule has 0 bridgehead atoms. The monoisotopic (exact) mass is 271 g/mol. The molecule has 0 aromatic heterocycles. The molecule has 0 aromatic carbocycles. The summed E-state index contributed by atoms with van der Waals surface area (Å²) in [4.78, 5) is 10.6. The van der Waals surface area contributed by atoms with E-state index in [2.05, 4.69) is 27.9 Å². The van der Waals surface area contributed by atoms with Gasteiger partial charge in [-0.05, 0) is 5.92 Å². The molecule has 0 aromatic rings. The van der Waals surface area contributed by atoms with Gasteiger partial charge in [0, 0.05) is 11.0 Å². The molecular formula is C7H14INO2. The molecule has 0 heterocycles. The van der Waals surface area contributed by atoms with Crippen molar-refractivity contribution in [2.24, 2.45) is 5.92 Å². The van der Waals surface area contributed by atoms with Crippen LogP contribution in [-0.2, 0) is 4.79 Å². The van der Waals surface area contributed by atoms with Crippen LogP contribution < -0.4 is 5.32 Å². The summed E-state index contributed by atoms with van der Waals surface area (Å²) in [7, 11) is 0. The van der Waals surface area contributed by atoms with Crippen LogP contribution in [-0.4, -0.2) is 28.1 Å². The van der Waals surface area contributed by atoms with Gasteiger partial charge in [0.2, 0.25) is 0 Å². The van der Waals surface area contributed by atoms with E-state index in [4.69, 9.17) is 5.11 Å². The van der Waals surface area contributed by atoms with Gasteiger partial charge in [0.25, 0.3) is 0 Å². The molecule has 66 valence electrons. The molecule has 0 radical (unpaired) electrons. The second kappa shape index (κ2) is 5.77. The van der Waals surface area contributed by atoms with Gasteiger partial charge in [-0.25, -0.2) is 0 Å². The Kier molecular flexibility index (Phi) is 5.85. The summed E-state index contributed by atoms with van der Waals surface area (Å²) in [6, 6.07) is -0.398. The highest BCUT2D eigenvalue weighted by Gasteiger charge is 2.19. The van der Waals surface area contributed by atoms with E-state index in [9.17, 15) is 4.79 Å². The second-order valence-electron chi connectivity index (χ2n) is 2.70. The van der Waals surface area contributed by atoms with Crippen molar-refractivity contribution < 1.29 is 9.90 Å². The maximum atomic E-state index is 10.6. The molecule has 1 atom stereocenters. The van der Waals surface area contributed by atoms with Gasteiger partial charge in [-0.1, -0.05) is 36.4 Å². The van der Waals surface area contributed by atoms with Crippen LogP contribution in [0.25, 0.3) is 0 Å². The molecule has 0 saturated carbocycles. The summed E-state index contributed by atoms with van der Waals surface area (Å²) in [6.07, 6.45) is 0. The van der Waals surface area contributed by atoms with Crippen LogP contribution in [0.2, 0.25) is 0 Å². The van der Waals surface area contributed by atoms with Crippen molar-refractivity contribution in [2.75, 3.05) is 11.0 Å². The lowest BCUT2D eigenvalue weighted by atomic mass is 10.1. The lowest BCUT2D eigenvalue weighted by Crippen LogP contribution is -2.41. The normalized spacial score (nSPS) is 13.5. The Hall–Kier alpha value is 0.160. The van der Waals surface area contributed by atoms with Crippen LogP contribution in [0, 0.1) is 5.92 Å². The van der Waals surface area contributed by atoms with E-state index in [1.54, 1.807) is 0 Å². The van der Waals surface area contributed by atoms with Crippen LogP contribution in [0.15, 0.2) is 0 Å². The number of carboxylic acid groups (broad SMARTS) is 1. The highest BCUT2D eigenvalue weighted by Crippen LogP contribution is 2.00. The molecule has 0 spiro atoms. The van der Waals surface area contributed by atoms with Gasteiger partial charge < -0.3 is 10.4 Å². The molecule has 0 unspecified atom stereocenters. The summed E-state index contributed by atoms with van der Waals surface area (Å²) in [5.74, 6) is -0.611. The third-order valence-corrected chi connectivity index (χ3v) is 1.93. The fraction of sp³-hybridized carbons (Fsp3) is 0.857. The predicted molar refractivity (Wildman–Crippen MR) is 53.2 cm³/mol. The van der Waals surface area contributed by atoms with Gasteiger partial charge in [0.15, 0.2) is 0 Å². The maximum Gasteiger partial charge on any atom is 0.320 e. The minimum atomic E-state index is -0.759. The van der Waals surface area contributed by atoms with Crippen molar-refractivity contribution in [3.63, 3.8) is 0 Å². The van der Waals surface area contributed by atoms with Crippen LogP contribution in [0.3, 0.4) is 0 Å². The van der Waals surface area contributed by atoms with Gasteiger partial charge in [0.05, 0.1) is 0 Å².